The summed E-state index contributed by atoms with van der Waals surface area (Å²) in [7, 11) is 4.25. The highest BCUT2D eigenvalue weighted by Crippen LogP contribution is 2.41. The lowest BCUT2D eigenvalue weighted by Gasteiger charge is -2.19. The van der Waals surface area contributed by atoms with E-state index in [0.29, 0.717) is 22.6 Å². The van der Waals surface area contributed by atoms with E-state index in [9.17, 15) is 19.7 Å². The number of fused-ring (bicyclic) bond motifs is 1. The van der Waals surface area contributed by atoms with Crippen LogP contribution in [0.4, 0.5) is 11.4 Å². The summed E-state index contributed by atoms with van der Waals surface area (Å²) in [5.41, 5.74) is 1.10. The van der Waals surface area contributed by atoms with Crippen molar-refractivity contribution in [2.75, 3.05) is 26.2 Å². The normalized spacial score (nSPS) is 19.4. The van der Waals surface area contributed by atoms with Crippen molar-refractivity contribution in [3.63, 3.8) is 0 Å². The standard InChI is InChI=1S/C21H19N3O8/c1-10-7-13(24(27)28)15(30-3)9-12(10)23-20(25)17-18(22-32-19(17)21(23)26)11-5-6-14(29-2)16(8-11)31-4/h5-9,17,19H,1-4H3. The van der Waals surface area contributed by atoms with Gasteiger partial charge in [0.05, 0.1) is 31.9 Å². The molecule has 2 aromatic rings. The highest BCUT2D eigenvalue weighted by Gasteiger charge is 2.56. The van der Waals surface area contributed by atoms with Gasteiger partial charge in [0, 0.05) is 17.7 Å². The quantitative estimate of drug-likeness (QED) is 0.379. The summed E-state index contributed by atoms with van der Waals surface area (Å²) >= 11 is 0. The van der Waals surface area contributed by atoms with Crippen LogP contribution in [0.2, 0.25) is 0 Å². The molecule has 2 amide bonds. The zero-order chi connectivity index (χ0) is 23.2. The number of nitro benzene ring substituents is 1. The van der Waals surface area contributed by atoms with Crippen molar-refractivity contribution in [3.05, 3.63) is 51.6 Å². The van der Waals surface area contributed by atoms with E-state index in [1.807, 2.05) is 0 Å². The Labute approximate surface area is 182 Å². The molecule has 2 unspecified atom stereocenters. The number of aryl methyl sites for hydroxylation is 1. The van der Waals surface area contributed by atoms with E-state index in [0.717, 1.165) is 4.90 Å². The number of anilines is 1. The van der Waals surface area contributed by atoms with Gasteiger partial charge >= 0.3 is 5.69 Å². The predicted octanol–water partition coefficient (Wildman–Crippen LogP) is 2.22. The number of hydrogen-bond donors (Lipinski definition) is 0. The average Bonchev–Trinajstić information content (AvgIpc) is 3.33. The van der Waals surface area contributed by atoms with E-state index in [-0.39, 0.29) is 22.8 Å². The maximum absolute atomic E-state index is 13.3. The Hall–Kier alpha value is -4.15. The zero-order valence-electron chi connectivity index (χ0n) is 17.6. The fourth-order valence-corrected chi connectivity index (χ4v) is 3.86. The summed E-state index contributed by atoms with van der Waals surface area (Å²) in [4.78, 5) is 43.4. The van der Waals surface area contributed by atoms with Crippen LogP contribution in [-0.4, -0.2) is 49.9 Å². The lowest BCUT2D eigenvalue weighted by molar-refractivity contribution is -0.385. The number of ether oxygens (including phenoxy) is 3. The first-order valence-corrected chi connectivity index (χ1v) is 9.49. The van der Waals surface area contributed by atoms with Crippen molar-refractivity contribution in [2.24, 2.45) is 11.1 Å². The average molecular weight is 441 g/mol. The molecule has 0 N–H and O–H groups in total. The molecule has 0 saturated carbocycles. The Morgan fingerprint density at radius 1 is 1.00 bits per heavy atom. The third-order valence-electron chi connectivity index (χ3n) is 5.43. The number of carbonyl (C=O) groups excluding carboxylic acids is 2. The van der Waals surface area contributed by atoms with Crippen molar-refractivity contribution in [1.82, 2.24) is 0 Å². The second-order valence-electron chi connectivity index (χ2n) is 7.13. The molecule has 0 aromatic heterocycles. The summed E-state index contributed by atoms with van der Waals surface area (Å²) in [6, 6.07) is 7.55. The third-order valence-corrected chi connectivity index (χ3v) is 5.43. The van der Waals surface area contributed by atoms with Crippen LogP contribution < -0.4 is 19.1 Å². The molecule has 0 aliphatic carbocycles. The highest BCUT2D eigenvalue weighted by molar-refractivity contribution is 6.32. The molecule has 11 nitrogen and oxygen atoms in total. The summed E-state index contributed by atoms with van der Waals surface area (Å²) < 4.78 is 15.6. The topological polar surface area (TPSA) is 130 Å². The Morgan fingerprint density at radius 2 is 1.69 bits per heavy atom. The fraction of sp³-hybridized carbons (Fsp3) is 0.286. The zero-order valence-corrected chi connectivity index (χ0v) is 17.6. The Morgan fingerprint density at radius 3 is 2.31 bits per heavy atom. The van der Waals surface area contributed by atoms with Gasteiger partial charge < -0.3 is 19.0 Å². The SMILES string of the molecule is COc1ccc(C2=NOC3C(=O)N(c4cc(OC)c([N+](=O)[O-])cc4C)C(=O)C23)cc1OC. The summed E-state index contributed by atoms with van der Waals surface area (Å²) in [6.45, 7) is 1.57. The minimum absolute atomic E-state index is 0.0667. The Kier molecular flexibility index (Phi) is 5.17. The number of oxime groups is 1. The molecule has 4 rings (SSSR count). The second-order valence-corrected chi connectivity index (χ2v) is 7.13. The molecular formula is C21H19N3O8. The molecule has 0 bridgehead atoms. The molecule has 2 aliphatic rings. The van der Waals surface area contributed by atoms with Gasteiger partial charge in [0.15, 0.2) is 17.2 Å². The maximum atomic E-state index is 13.3. The van der Waals surface area contributed by atoms with E-state index in [1.54, 1.807) is 25.1 Å². The van der Waals surface area contributed by atoms with Crippen molar-refractivity contribution in [1.29, 1.82) is 0 Å². The van der Waals surface area contributed by atoms with Crippen LogP contribution in [0.5, 0.6) is 17.2 Å². The van der Waals surface area contributed by atoms with E-state index in [1.165, 1.54) is 33.5 Å². The number of imide groups is 1. The van der Waals surface area contributed by atoms with Crippen LogP contribution >= 0.6 is 0 Å². The van der Waals surface area contributed by atoms with E-state index in [2.05, 4.69) is 5.16 Å². The smallest absolute Gasteiger partial charge is 0.311 e. The van der Waals surface area contributed by atoms with Gasteiger partial charge in [-0.2, -0.15) is 0 Å². The first kappa shape index (κ1) is 21.1. The summed E-state index contributed by atoms with van der Waals surface area (Å²) in [5, 5.41) is 15.3. The molecule has 166 valence electrons. The number of nitro groups is 1. The monoisotopic (exact) mass is 441 g/mol. The number of rotatable bonds is 6. The number of benzene rings is 2. The minimum atomic E-state index is -1.13. The van der Waals surface area contributed by atoms with Crippen LogP contribution in [0, 0.1) is 23.0 Å². The molecule has 32 heavy (non-hydrogen) atoms. The van der Waals surface area contributed by atoms with E-state index in [4.69, 9.17) is 19.0 Å². The molecule has 1 saturated heterocycles. The van der Waals surface area contributed by atoms with Gasteiger partial charge in [-0.05, 0) is 30.7 Å². The van der Waals surface area contributed by atoms with Crippen LogP contribution in [0.1, 0.15) is 11.1 Å². The molecule has 2 atom stereocenters. The number of carbonyl (C=O) groups is 2. The van der Waals surface area contributed by atoms with Crippen LogP contribution in [-0.2, 0) is 14.4 Å². The molecular weight excluding hydrogens is 422 g/mol. The number of amides is 2. The molecule has 2 aromatic carbocycles. The predicted molar refractivity (Wildman–Crippen MR) is 111 cm³/mol. The molecule has 0 spiro atoms. The largest absolute Gasteiger partial charge is 0.493 e. The van der Waals surface area contributed by atoms with Gasteiger partial charge in [-0.1, -0.05) is 5.16 Å². The van der Waals surface area contributed by atoms with Gasteiger partial charge in [-0.15, -0.1) is 0 Å². The second kappa shape index (κ2) is 7.84. The van der Waals surface area contributed by atoms with Crippen LogP contribution in [0.3, 0.4) is 0 Å². The van der Waals surface area contributed by atoms with E-state index < -0.39 is 28.8 Å². The van der Waals surface area contributed by atoms with Crippen LogP contribution in [0.15, 0.2) is 35.5 Å². The molecule has 0 radical (unpaired) electrons. The first-order chi connectivity index (χ1) is 15.3. The third kappa shape index (κ3) is 3.09. The lowest BCUT2D eigenvalue weighted by Crippen LogP contribution is -2.33. The van der Waals surface area contributed by atoms with Crippen molar-refractivity contribution >= 4 is 28.9 Å². The Balaban J connectivity index is 1.73. The minimum Gasteiger partial charge on any atom is -0.493 e. The molecule has 2 heterocycles. The summed E-state index contributed by atoms with van der Waals surface area (Å²) in [5.74, 6) is -1.27. The van der Waals surface area contributed by atoms with Gasteiger partial charge in [0.2, 0.25) is 12.0 Å². The van der Waals surface area contributed by atoms with Gasteiger partial charge in [-0.3, -0.25) is 19.7 Å². The number of methoxy groups -OCH3 is 3. The number of hydrogen-bond acceptors (Lipinski definition) is 9. The molecule has 2 aliphatic heterocycles. The van der Waals surface area contributed by atoms with Gasteiger partial charge in [0.25, 0.3) is 5.91 Å². The lowest BCUT2D eigenvalue weighted by atomic mass is 9.94. The van der Waals surface area contributed by atoms with E-state index >= 15 is 0 Å². The van der Waals surface area contributed by atoms with Gasteiger partial charge in [-0.25, -0.2) is 4.90 Å². The summed E-state index contributed by atoms with van der Waals surface area (Å²) in [6.07, 6.45) is -1.13. The fourth-order valence-electron chi connectivity index (χ4n) is 3.86. The highest BCUT2D eigenvalue weighted by atomic mass is 16.7. The van der Waals surface area contributed by atoms with Crippen molar-refractivity contribution in [2.45, 2.75) is 13.0 Å². The Bertz CT molecular complexity index is 1180. The number of nitrogens with zero attached hydrogens (tertiary/aromatic N) is 3. The van der Waals surface area contributed by atoms with Crippen molar-refractivity contribution in [3.8, 4) is 17.2 Å². The molecule has 1 fully saturated rings. The maximum Gasteiger partial charge on any atom is 0.311 e. The van der Waals surface area contributed by atoms with Crippen molar-refractivity contribution < 1.29 is 33.6 Å². The first-order valence-electron chi connectivity index (χ1n) is 9.49. The van der Waals surface area contributed by atoms with Crippen LogP contribution in [0.25, 0.3) is 0 Å². The van der Waals surface area contributed by atoms with Gasteiger partial charge in [0.1, 0.15) is 11.6 Å². The molecule has 11 heteroatoms.